The lowest BCUT2D eigenvalue weighted by Gasteiger charge is -2.26. The molecular formula is C13H17NO6. The van der Waals surface area contributed by atoms with E-state index in [4.69, 9.17) is 19.0 Å². The first-order valence-corrected chi connectivity index (χ1v) is 6.26. The molecule has 0 radical (unpaired) electrons. The average molecular weight is 283 g/mol. The van der Waals surface area contributed by atoms with Gasteiger partial charge in [0, 0.05) is 7.05 Å². The van der Waals surface area contributed by atoms with Gasteiger partial charge >= 0.3 is 5.97 Å². The molecular weight excluding hydrogens is 266 g/mol. The van der Waals surface area contributed by atoms with Gasteiger partial charge in [-0.2, -0.15) is 0 Å². The van der Waals surface area contributed by atoms with Crippen molar-refractivity contribution in [1.29, 1.82) is 0 Å². The highest BCUT2D eigenvalue weighted by molar-refractivity contribution is 5.88. The predicted molar refractivity (Wildman–Crippen MR) is 67.4 cm³/mol. The quantitative estimate of drug-likeness (QED) is 0.873. The summed E-state index contributed by atoms with van der Waals surface area (Å²) in [4.78, 5) is 24.4. The topological polar surface area (TPSA) is 89.2 Å². The number of carbonyl (C=O) groups excluding carboxylic acids is 1. The van der Waals surface area contributed by atoms with Crippen LogP contribution in [0.5, 0.6) is 0 Å². The number of rotatable bonds is 4. The van der Waals surface area contributed by atoms with Gasteiger partial charge in [-0.15, -0.1) is 0 Å². The van der Waals surface area contributed by atoms with E-state index in [0.717, 1.165) is 0 Å². The SMILES string of the molecule is Cc1oc(CN(C)C(=O)[C@@H]2COCCO2)cc1C(=O)O. The van der Waals surface area contributed by atoms with E-state index in [0.29, 0.717) is 24.7 Å². The fourth-order valence-electron chi connectivity index (χ4n) is 2.02. The highest BCUT2D eigenvalue weighted by atomic mass is 16.6. The van der Waals surface area contributed by atoms with Crippen LogP contribution >= 0.6 is 0 Å². The number of ether oxygens (including phenoxy) is 2. The minimum atomic E-state index is -1.05. The number of furan rings is 1. The van der Waals surface area contributed by atoms with Crippen LogP contribution in [0.2, 0.25) is 0 Å². The van der Waals surface area contributed by atoms with E-state index < -0.39 is 12.1 Å². The summed E-state index contributed by atoms with van der Waals surface area (Å²) in [5, 5.41) is 8.95. The Morgan fingerprint density at radius 2 is 2.20 bits per heavy atom. The maximum absolute atomic E-state index is 12.1. The molecule has 1 aliphatic rings. The van der Waals surface area contributed by atoms with Crippen LogP contribution < -0.4 is 0 Å². The summed E-state index contributed by atoms with van der Waals surface area (Å²) in [6, 6.07) is 1.43. The Morgan fingerprint density at radius 1 is 1.45 bits per heavy atom. The smallest absolute Gasteiger partial charge is 0.339 e. The lowest BCUT2D eigenvalue weighted by molar-refractivity contribution is -0.157. The van der Waals surface area contributed by atoms with E-state index in [-0.39, 0.29) is 24.6 Å². The molecule has 1 amide bonds. The lowest BCUT2D eigenvalue weighted by Crippen LogP contribution is -2.43. The molecule has 1 aromatic heterocycles. The summed E-state index contributed by atoms with van der Waals surface area (Å²) < 4.78 is 15.8. The third-order valence-corrected chi connectivity index (χ3v) is 3.06. The van der Waals surface area contributed by atoms with Gasteiger partial charge < -0.3 is 23.9 Å². The second-order valence-corrected chi connectivity index (χ2v) is 4.62. The molecule has 1 aromatic rings. The molecule has 0 saturated carbocycles. The van der Waals surface area contributed by atoms with Gasteiger partial charge in [-0.25, -0.2) is 4.79 Å². The summed E-state index contributed by atoms with van der Waals surface area (Å²) in [5.74, 6) is -0.510. The molecule has 0 aliphatic carbocycles. The van der Waals surface area contributed by atoms with E-state index in [1.165, 1.54) is 11.0 Å². The van der Waals surface area contributed by atoms with Gasteiger partial charge in [0.25, 0.3) is 5.91 Å². The first-order chi connectivity index (χ1) is 9.49. The summed E-state index contributed by atoms with van der Waals surface area (Å²) >= 11 is 0. The third-order valence-electron chi connectivity index (χ3n) is 3.06. The predicted octanol–water partition coefficient (Wildman–Crippen LogP) is 0.660. The van der Waals surface area contributed by atoms with E-state index in [1.54, 1.807) is 14.0 Å². The standard InChI is InChI=1S/C13H17NO6/c1-8-10(13(16)17)5-9(20-8)6-14(2)12(15)11-7-18-3-4-19-11/h5,11H,3-4,6-7H2,1-2H3,(H,16,17)/t11-/m0/s1. The highest BCUT2D eigenvalue weighted by Crippen LogP contribution is 2.16. The fourth-order valence-corrected chi connectivity index (χ4v) is 2.02. The minimum Gasteiger partial charge on any atom is -0.478 e. The van der Waals surface area contributed by atoms with Crippen molar-refractivity contribution in [2.24, 2.45) is 0 Å². The maximum atomic E-state index is 12.1. The fraction of sp³-hybridized carbons (Fsp3) is 0.538. The van der Waals surface area contributed by atoms with Crippen molar-refractivity contribution >= 4 is 11.9 Å². The Kier molecular flexibility index (Phi) is 4.41. The van der Waals surface area contributed by atoms with Crippen LogP contribution in [0.25, 0.3) is 0 Å². The zero-order valence-corrected chi connectivity index (χ0v) is 11.4. The van der Waals surface area contributed by atoms with Crippen molar-refractivity contribution in [1.82, 2.24) is 4.90 Å². The van der Waals surface area contributed by atoms with Gasteiger partial charge in [-0.3, -0.25) is 4.79 Å². The second kappa shape index (κ2) is 6.06. The van der Waals surface area contributed by atoms with E-state index in [2.05, 4.69) is 0 Å². The minimum absolute atomic E-state index is 0.109. The van der Waals surface area contributed by atoms with Crippen molar-refractivity contribution in [2.75, 3.05) is 26.9 Å². The van der Waals surface area contributed by atoms with Crippen molar-refractivity contribution in [3.05, 3.63) is 23.2 Å². The number of aromatic carboxylic acids is 1. The number of carboxylic acid groups (broad SMARTS) is 1. The number of likely N-dealkylation sites (N-methyl/N-ethyl adjacent to an activating group) is 1. The molecule has 1 saturated heterocycles. The molecule has 1 aliphatic heterocycles. The molecule has 7 heteroatoms. The monoisotopic (exact) mass is 283 g/mol. The van der Waals surface area contributed by atoms with Crippen molar-refractivity contribution in [2.45, 2.75) is 19.6 Å². The number of carbonyl (C=O) groups is 2. The summed E-state index contributed by atoms with van der Waals surface area (Å²) in [7, 11) is 1.61. The molecule has 0 aromatic carbocycles. The zero-order chi connectivity index (χ0) is 14.7. The Hall–Kier alpha value is -1.86. The molecule has 1 N–H and O–H groups in total. The van der Waals surface area contributed by atoms with Gasteiger partial charge in [0.05, 0.1) is 26.4 Å². The molecule has 0 spiro atoms. The summed E-state index contributed by atoms with van der Waals surface area (Å²) in [5.41, 5.74) is 0.109. The summed E-state index contributed by atoms with van der Waals surface area (Å²) in [6.07, 6.45) is -0.608. The molecule has 20 heavy (non-hydrogen) atoms. The van der Waals surface area contributed by atoms with Crippen molar-refractivity contribution in [3.8, 4) is 0 Å². The van der Waals surface area contributed by atoms with E-state index >= 15 is 0 Å². The van der Waals surface area contributed by atoms with Gasteiger partial charge in [-0.05, 0) is 13.0 Å². The number of amides is 1. The number of hydrogen-bond donors (Lipinski definition) is 1. The van der Waals surface area contributed by atoms with Gasteiger partial charge in [-0.1, -0.05) is 0 Å². The van der Waals surface area contributed by atoms with Crippen LogP contribution in [0.1, 0.15) is 21.9 Å². The van der Waals surface area contributed by atoms with Crippen molar-refractivity contribution in [3.63, 3.8) is 0 Å². The maximum Gasteiger partial charge on any atom is 0.339 e. The Labute approximate surface area is 116 Å². The first kappa shape index (κ1) is 14.5. The lowest BCUT2D eigenvalue weighted by atomic mass is 10.2. The number of aryl methyl sites for hydroxylation is 1. The van der Waals surface area contributed by atoms with Gasteiger partial charge in [0.15, 0.2) is 6.10 Å². The zero-order valence-electron chi connectivity index (χ0n) is 11.4. The molecule has 110 valence electrons. The number of nitrogens with zero attached hydrogens (tertiary/aromatic N) is 1. The summed E-state index contributed by atoms with van der Waals surface area (Å²) in [6.45, 7) is 2.89. The molecule has 1 fully saturated rings. The van der Waals surface area contributed by atoms with Crippen LogP contribution in [0, 0.1) is 6.92 Å². The number of hydrogen-bond acceptors (Lipinski definition) is 5. The van der Waals surface area contributed by atoms with E-state index in [1.807, 2.05) is 0 Å². The van der Waals surface area contributed by atoms with Crippen LogP contribution in [0.3, 0.4) is 0 Å². The molecule has 2 heterocycles. The van der Waals surface area contributed by atoms with Crippen LogP contribution in [-0.4, -0.2) is 54.9 Å². The second-order valence-electron chi connectivity index (χ2n) is 4.62. The molecule has 2 rings (SSSR count). The van der Waals surface area contributed by atoms with Gasteiger partial charge in [0.2, 0.25) is 0 Å². The molecule has 1 atom stereocenters. The van der Waals surface area contributed by atoms with E-state index in [9.17, 15) is 9.59 Å². The molecule has 0 unspecified atom stereocenters. The third kappa shape index (κ3) is 3.17. The van der Waals surface area contributed by atoms with Crippen molar-refractivity contribution < 1.29 is 28.6 Å². The molecule has 7 nitrogen and oxygen atoms in total. The Bertz CT molecular complexity index is 503. The molecule has 0 bridgehead atoms. The number of carboxylic acids is 1. The van der Waals surface area contributed by atoms with Crippen LogP contribution in [0.15, 0.2) is 10.5 Å². The van der Waals surface area contributed by atoms with Crippen LogP contribution in [0.4, 0.5) is 0 Å². The van der Waals surface area contributed by atoms with Crippen LogP contribution in [-0.2, 0) is 20.8 Å². The van der Waals surface area contributed by atoms with Gasteiger partial charge in [0.1, 0.15) is 17.1 Å². The first-order valence-electron chi connectivity index (χ1n) is 6.26. The highest BCUT2D eigenvalue weighted by Gasteiger charge is 2.26. The largest absolute Gasteiger partial charge is 0.478 e. The Balaban J connectivity index is 1.99. The normalized spacial score (nSPS) is 18.8. The average Bonchev–Trinajstić information content (AvgIpc) is 2.79. The Morgan fingerprint density at radius 3 is 2.75 bits per heavy atom.